The van der Waals surface area contributed by atoms with Crippen molar-refractivity contribution < 1.29 is 9.53 Å². The summed E-state index contributed by atoms with van der Waals surface area (Å²) < 4.78 is 5.13. The Bertz CT molecular complexity index is 381. The second kappa shape index (κ2) is 7.17. The first-order chi connectivity index (χ1) is 8.58. The van der Waals surface area contributed by atoms with Gasteiger partial charge in [0.2, 0.25) is 0 Å². The highest BCUT2D eigenvalue weighted by molar-refractivity contribution is 5.77. The van der Waals surface area contributed by atoms with Crippen molar-refractivity contribution in [1.82, 2.24) is 5.32 Å². The number of rotatable bonds is 6. The van der Waals surface area contributed by atoms with Crippen LogP contribution < -0.4 is 5.32 Å². The molecule has 0 aliphatic carbocycles. The first-order valence-corrected chi connectivity index (χ1v) is 6.56. The SMILES string of the molecule is CCCNC(C(=O)OCC)c1cc(C)cc(C)c1. The molecule has 0 saturated carbocycles. The second-order valence-electron chi connectivity index (χ2n) is 4.56. The zero-order chi connectivity index (χ0) is 13.5. The average Bonchev–Trinajstić information content (AvgIpc) is 2.28. The van der Waals surface area contributed by atoms with Gasteiger partial charge in [-0.1, -0.05) is 36.2 Å². The third kappa shape index (κ3) is 4.15. The van der Waals surface area contributed by atoms with E-state index in [2.05, 4.69) is 18.3 Å². The van der Waals surface area contributed by atoms with Crippen molar-refractivity contribution in [3.05, 3.63) is 34.9 Å². The molecule has 0 radical (unpaired) electrons. The number of ether oxygens (including phenoxy) is 1. The van der Waals surface area contributed by atoms with Crippen LogP contribution >= 0.6 is 0 Å². The predicted octanol–water partition coefficient (Wildman–Crippen LogP) is 2.91. The number of nitrogens with one attached hydrogen (secondary N) is 1. The van der Waals surface area contributed by atoms with Crippen molar-refractivity contribution >= 4 is 5.97 Å². The molecule has 3 heteroatoms. The monoisotopic (exact) mass is 249 g/mol. The summed E-state index contributed by atoms with van der Waals surface area (Å²) in [7, 11) is 0. The van der Waals surface area contributed by atoms with Gasteiger partial charge in [0.15, 0.2) is 0 Å². The van der Waals surface area contributed by atoms with Crippen LogP contribution in [0.5, 0.6) is 0 Å². The minimum atomic E-state index is -0.358. The molecular formula is C15H23NO2. The van der Waals surface area contributed by atoms with E-state index in [1.54, 1.807) is 0 Å². The second-order valence-corrected chi connectivity index (χ2v) is 4.56. The first kappa shape index (κ1) is 14.7. The fourth-order valence-electron chi connectivity index (χ4n) is 2.03. The summed E-state index contributed by atoms with van der Waals surface area (Å²) in [6, 6.07) is 5.82. The van der Waals surface area contributed by atoms with E-state index in [0.717, 1.165) is 29.7 Å². The van der Waals surface area contributed by atoms with Crippen LogP contribution in [0.4, 0.5) is 0 Å². The van der Waals surface area contributed by atoms with Crippen LogP contribution in [0.25, 0.3) is 0 Å². The van der Waals surface area contributed by atoms with E-state index < -0.39 is 0 Å². The molecule has 0 fully saturated rings. The number of esters is 1. The van der Waals surface area contributed by atoms with Crippen LogP contribution in [-0.2, 0) is 9.53 Å². The molecule has 0 bridgehead atoms. The van der Waals surface area contributed by atoms with Gasteiger partial charge in [-0.15, -0.1) is 0 Å². The maximum absolute atomic E-state index is 12.0. The highest BCUT2D eigenvalue weighted by Crippen LogP contribution is 2.18. The quantitative estimate of drug-likeness (QED) is 0.788. The molecule has 0 aliphatic rings. The van der Waals surface area contributed by atoms with Crippen LogP contribution in [-0.4, -0.2) is 19.1 Å². The minimum Gasteiger partial charge on any atom is -0.465 e. The van der Waals surface area contributed by atoms with Crippen LogP contribution in [0.15, 0.2) is 18.2 Å². The van der Waals surface area contributed by atoms with E-state index in [1.165, 1.54) is 0 Å². The molecule has 100 valence electrons. The Hall–Kier alpha value is -1.35. The van der Waals surface area contributed by atoms with Crippen LogP contribution in [0.1, 0.15) is 43.0 Å². The third-order valence-electron chi connectivity index (χ3n) is 2.70. The summed E-state index contributed by atoms with van der Waals surface area (Å²) in [5, 5.41) is 3.25. The van der Waals surface area contributed by atoms with Gasteiger partial charge in [-0.05, 0) is 39.3 Å². The van der Waals surface area contributed by atoms with Gasteiger partial charge in [0.1, 0.15) is 6.04 Å². The lowest BCUT2D eigenvalue weighted by Crippen LogP contribution is -2.31. The van der Waals surface area contributed by atoms with Crippen molar-refractivity contribution in [2.45, 2.75) is 40.2 Å². The number of benzene rings is 1. The van der Waals surface area contributed by atoms with Gasteiger partial charge in [-0.3, -0.25) is 0 Å². The molecule has 0 aromatic heterocycles. The smallest absolute Gasteiger partial charge is 0.327 e. The Morgan fingerprint density at radius 2 is 1.83 bits per heavy atom. The molecule has 1 aromatic carbocycles. The molecule has 1 aromatic rings. The zero-order valence-electron chi connectivity index (χ0n) is 11.7. The lowest BCUT2D eigenvalue weighted by atomic mass is 10.0. The molecular weight excluding hydrogens is 226 g/mol. The topological polar surface area (TPSA) is 38.3 Å². The van der Waals surface area contributed by atoms with Crippen LogP contribution in [0, 0.1) is 13.8 Å². The number of hydrogen-bond donors (Lipinski definition) is 1. The Morgan fingerprint density at radius 3 is 2.33 bits per heavy atom. The maximum atomic E-state index is 12.0. The summed E-state index contributed by atoms with van der Waals surface area (Å²) >= 11 is 0. The van der Waals surface area contributed by atoms with Crippen molar-refractivity contribution in [3.8, 4) is 0 Å². The Kier molecular flexibility index (Phi) is 5.86. The molecule has 1 unspecified atom stereocenters. The summed E-state index contributed by atoms with van der Waals surface area (Å²) in [6.07, 6.45) is 0.987. The number of carbonyl (C=O) groups is 1. The zero-order valence-corrected chi connectivity index (χ0v) is 11.7. The normalized spacial score (nSPS) is 12.2. The molecule has 0 amide bonds. The van der Waals surface area contributed by atoms with E-state index in [1.807, 2.05) is 32.9 Å². The van der Waals surface area contributed by atoms with Crippen LogP contribution in [0.2, 0.25) is 0 Å². The van der Waals surface area contributed by atoms with Gasteiger partial charge in [0.25, 0.3) is 0 Å². The largest absolute Gasteiger partial charge is 0.465 e. The molecule has 0 spiro atoms. The minimum absolute atomic E-state index is 0.198. The van der Waals surface area contributed by atoms with Gasteiger partial charge in [-0.25, -0.2) is 4.79 Å². The van der Waals surface area contributed by atoms with E-state index in [9.17, 15) is 4.79 Å². The summed E-state index contributed by atoms with van der Waals surface area (Å²) in [4.78, 5) is 12.0. The Labute approximate surface area is 110 Å². The van der Waals surface area contributed by atoms with Gasteiger partial charge in [0.05, 0.1) is 6.61 Å². The highest BCUT2D eigenvalue weighted by Gasteiger charge is 2.21. The summed E-state index contributed by atoms with van der Waals surface area (Å²) in [6.45, 7) is 9.20. The fraction of sp³-hybridized carbons (Fsp3) is 0.533. The van der Waals surface area contributed by atoms with Gasteiger partial charge >= 0.3 is 5.97 Å². The Balaban J connectivity index is 2.96. The number of carbonyl (C=O) groups excluding carboxylic acids is 1. The van der Waals surface area contributed by atoms with E-state index in [-0.39, 0.29) is 12.0 Å². The van der Waals surface area contributed by atoms with Gasteiger partial charge in [-0.2, -0.15) is 0 Å². The lowest BCUT2D eigenvalue weighted by molar-refractivity contribution is -0.145. The van der Waals surface area contributed by atoms with E-state index in [4.69, 9.17) is 4.74 Å². The number of aryl methyl sites for hydroxylation is 2. The van der Waals surface area contributed by atoms with E-state index in [0.29, 0.717) is 6.61 Å². The van der Waals surface area contributed by atoms with Crippen molar-refractivity contribution in [2.75, 3.05) is 13.2 Å². The molecule has 0 aliphatic heterocycles. The molecule has 0 saturated heterocycles. The van der Waals surface area contributed by atoms with Crippen molar-refractivity contribution in [1.29, 1.82) is 0 Å². The lowest BCUT2D eigenvalue weighted by Gasteiger charge is -2.18. The van der Waals surface area contributed by atoms with Crippen molar-refractivity contribution in [2.24, 2.45) is 0 Å². The standard InChI is InChI=1S/C15H23NO2/c1-5-7-16-14(15(17)18-6-2)13-9-11(3)8-12(4)10-13/h8-10,14,16H,5-7H2,1-4H3. The molecule has 0 heterocycles. The maximum Gasteiger partial charge on any atom is 0.327 e. The first-order valence-electron chi connectivity index (χ1n) is 6.56. The molecule has 3 nitrogen and oxygen atoms in total. The summed E-state index contributed by atoms with van der Waals surface area (Å²) in [5.74, 6) is -0.198. The van der Waals surface area contributed by atoms with Crippen molar-refractivity contribution in [3.63, 3.8) is 0 Å². The average molecular weight is 249 g/mol. The molecule has 18 heavy (non-hydrogen) atoms. The van der Waals surface area contributed by atoms with Crippen LogP contribution in [0.3, 0.4) is 0 Å². The highest BCUT2D eigenvalue weighted by atomic mass is 16.5. The third-order valence-corrected chi connectivity index (χ3v) is 2.70. The molecule has 1 N–H and O–H groups in total. The predicted molar refractivity (Wildman–Crippen MR) is 73.6 cm³/mol. The Morgan fingerprint density at radius 1 is 1.22 bits per heavy atom. The van der Waals surface area contributed by atoms with Gasteiger partial charge < -0.3 is 10.1 Å². The van der Waals surface area contributed by atoms with E-state index >= 15 is 0 Å². The van der Waals surface area contributed by atoms with Gasteiger partial charge in [0, 0.05) is 0 Å². The molecule has 1 rings (SSSR count). The fourth-order valence-corrected chi connectivity index (χ4v) is 2.03. The molecule has 1 atom stereocenters. The number of hydrogen-bond acceptors (Lipinski definition) is 3. The summed E-state index contributed by atoms with van der Waals surface area (Å²) in [5.41, 5.74) is 3.31.